The second kappa shape index (κ2) is 5.49. The Morgan fingerprint density at radius 2 is 2.11 bits per heavy atom. The number of carboxylic acid groups (broad SMARTS) is 1. The first-order valence-corrected chi connectivity index (χ1v) is 5.99. The summed E-state index contributed by atoms with van der Waals surface area (Å²) in [5, 5.41) is 13.0. The zero-order chi connectivity index (χ0) is 13.0. The smallest absolute Gasteiger partial charge is 0.306 e. The first-order valence-electron chi connectivity index (χ1n) is 5.99. The third-order valence-electron chi connectivity index (χ3n) is 2.90. The van der Waals surface area contributed by atoms with Crippen molar-refractivity contribution < 1.29 is 9.90 Å². The van der Waals surface area contributed by atoms with Crippen LogP contribution in [0.4, 0.5) is 5.82 Å². The summed E-state index contributed by atoms with van der Waals surface area (Å²) >= 11 is 0. The minimum Gasteiger partial charge on any atom is -0.481 e. The summed E-state index contributed by atoms with van der Waals surface area (Å²) < 4.78 is 0. The fourth-order valence-corrected chi connectivity index (χ4v) is 1.70. The van der Waals surface area contributed by atoms with E-state index in [1.807, 2.05) is 36.4 Å². The molecule has 1 unspecified atom stereocenters. The van der Waals surface area contributed by atoms with Crippen molar-refractivity contribution in [3.8, 4) is 0 Å². The van der Waals surface area contributed by atoms with Crippen molar-refractivity contribution in [1.82, 2.24) is 4.98 Å². The minimum atomic E-state index is -0.761. The van der Waals surface area contributed by atoms with E-state index in [9.17, 15) is 4.79 Å². The molecule has 1 aromatic heterocycles. The molecule has 2 aromatic rings. The summed E-state index contributed by atoms with van der Waals surface area (Å²) in [6, 6.07) is 11.8. The number of hydrogen-bond donors (Lipinski definition) is 2. The Bertz CT molecular complexity index is 554. The molecule has 0 aliphatic carbocycles. The van der Waals surface area contributed by atoms with Gasteiger partial charge in [0.15, 0.2) is 0 Å². The average Bonchev–Trinajstić information content (AvgIpc) is 2.38. The van der Waals surface area contributed by atoms with E-state index in [0.717, 1.165) is 16.7 Å². The molecule has 2 rings (SSSR count). The zero-order valence-electron chi connectivity index (χ0n) is 10.3. The highest BCUT2D eigenvalue weighted by molar-refractivity contribution is 5.80. The van der Waals surface area contributed by atoms with Gasteiger partial charge in [0.2, 0.25) is 0 Å². The third-order valence-corrected chi connectivity index (χ3v) is 2.90. The van der Waals surface area contributed by atoms with Gasteiger partial charge in [-0.25, -0.2) is 4.98 Å². The fraction of sp³-hybridized carbons (Fsp3) is 0.286. The van der Waals surface area contributed by atoms with Crippen molar-refractivity contribution in [2.24, 2.45) is 5.92 Å². The Hall–Kier alpha value is -2.10. The molecule has 2 N–H and O–H groups in total. The maximum Gasteiger partial charge on any atom is 0.306 e. The Morgan fingerprint density at radius 1 is 1.33 bits per heavy atom. The number of aromatic nitrogens is 1. The average molecular weight is 244 g/mol. The first kappa shape index (κ1) is 12.4. The molecule has 1 heterocycles. The van der Waals surface area contributed by atoms with E-state index in [1.54, 1.807) is 6.92 Å². The van der Waals surface area contributed by atoms with Gasteiger partial charge in [-0.15, -0.1) is 0 Å². The van der Waals surface area contributed by atoms with Crippen molar-refractivity contribution in [3.05, 3.63) is 36.4 Å². The lowest BCUT2D eigenvalue weighted by Gasteiger charge is -2.08. The number of carboxylic acids is 1. The summed E-state index contributed by atoms with van der Waals surface area (Å²) in [5.74, 6) is -0.312. The van der Waals surface area contributed by atoms with Crippen molar-refractivity contribution in [2.75, 3.05) is 11.9 Å². The van der Waals surface area contributed by atoms with Gasteiger partial charge in [-0.3, -0.25) is 4.79 Å². The molecule has 0 saturated carbocycles. The number of nitrogens with one attached hydrogen (secondary N) is 1. The van der Waals surface area contributed by atoms with E-state index in [-0.39, 0.29) is 5.92 Å². The van der Waals surface area contributed by atoms with E-state index < -0.39 is 5.97 Å². The van der Waals surface area contributed by atoms with Gasteiger partial charge in [-0.1, -0.05) is 25.1 Å². The van der Waals surface area contributed by atoms with Gasteiger partial charge >= 0.3 is 5.97 Å². The maximum absolute atomic E-state index is 10.7. The number of hydrogen-bond acceptors (Lipinski definition) is 3. The Labute approximate surface area is 106 Å². The molecule has 0 saturated heterocycles. The lowest BCUT2D eigenvalue weighted by atomic mass is 10.1. The van der Waals surface area contributed by atoms with Crippen molar-refractivity contribution >= 4 is 22.7 Å². The Morgan fingerprint density at radius 3 is 2.89 bits per heavy atom. The molecule has 1 aromatic carbocycles. The van der Waals surface area contributed by atoms with Crippen LogP contribution in [0.1, 0.15) is 13.3 Å². The highest BCUT2D eigenvalue weighted by Crippen LogP contribution is 2.14. The van der Waals surface area contributed by atoms with Crippen LogP contribution in [-0.2, 0) is 4.79 Å². The normalized spacial score (nSPS) is 12.3. The number of carbonyl (C=O) groups is 1. The molecule has 94 valence electrons. The van der Waals surface area contributed by atoms with E-state index in [0.29, 0.717) is 13.0 Å². The van der Waals surface area contributed by atoms with Crippen molar-refractivity contribution in [3.63, 3.8) is 0 Å². The summed E-state index contributed by atoms with van der Waals surface area (Å²) in [4.78, 5) is 15.1. The van der Waals surface area contributed by atoms with Gasteiger partial charge in [0.05, 0.1) is 11.4 Å². The summed E-state index contributed by atoms with van der Waals surface area (Å²) in [6.07, 6.45) is 0.587. The molecule has 0 aliphatic rings. The summed E-state index contributed by atoms with van der Waals surface area (Å²) in [5.41, 5.74) is 0.939. The predicted molar refractivity (Wildman–Crippen MR) is 71.6 cm³/mol. The molecule has 4 heteroatoms. The highest BCUT2D eigenvalue weighted by atomic mass is 16.4. The molecular formula is C14H16N2O2. The van der Waals surface area contributed by atoms with Gasteiger partial charge in [-0.2, -0.15) is 0 Å². The molecule has 4 nitrogen and oxygen atoms in total. The largest absolute Gasteiger partial charge is 0.481 e. The van der Waals surface area contributed by atoms with Crippen molar-refractivity contribution in [2.45, 2.75) is 13.3 Å². The fourth-order valence-electron chi connectivity index (χ4n) is 1.70. The monoisotopic (exact) mass is 244 g/mol. The number of fused-ring (bicyclic) bond motifs is 1. The van der Waals surface area contributed by atoms with Crippen LogP contribution in [0.5, 0.6) is 0 Å². The van der Waals surface area contributed by atoms with Gasteiger partial charge in [-0.05, 0) is 24.6 Å². The molecule has 0 spiro atoms. The summed E-state index contributed by atoms with van der Waals surface area (Å²) in [7, 11) is 0. The van der Waals surface area contributed by atoms with Crippen LogP contribution in [0.25, 0.3) is 10.9 Å². The molecule has 0 fully saturated rings. The molecular weight excluding hydrogens is 228 g/mol. The number of nitrogens with zero attached hydrogens (tertiary/aromatic N) is 1. The highest BCUT2D eigenvalue weighted by Gasteiger charge is 2.09. The van der Waals surface area contributed by atoms with Crippen molar-refractivity contribution in [1.29, 1.82) is 0 Å². The second-order valence-electron chi connectivity index (χ2n) is 4.34. The van der Waals surface area contributed by atoms with Gasteiger partial charge in [0.25, 0.3) is 0 Å². The molecule has 0 amide bonds. The van der Waals surface area contributed by atoms with Crippen LogP contribution >= 0.6 is 0 Å². The number of pyridine rings is 1. The van der Waals surface area contributed by atoms with E-state index >= 15 is 0 Å². The van der Waals surface area contributed by atoms with E-state index in [1.165, 1.54) is 0 Å². The van der Waals surface area contributed by atoms with Gasteiger partial charge in [0, 0.05) is 11.9 Å². The maximum atomic E-state index is 10.7. The SMILES string of the molecule is CC(CCNc1ccc2ccccc2n1)C(=O)O. The van der Waals surface area contributed by atoms with Crippen LogP contribution in [-0.4, -0.2) is 22.6 Å². The van der Waals surface area contributed by atoms with Crippen LogP contribution in [0.2, 0.25) is 0 Å². The van der Waals surface area contributed by atoms with Gasteiger partial charge < -0.3 is 10.4 Å². The standard InChI is InChI=1S/C14H16N2O2/c1-10(14(17)18)8-9-15-13-7-6-11-4-2-3-5-12(11)16-13/h2-7,10H,8-9H2,1H3,(H,15,16)(H,17,18). The topological polar surface area (TPSA) is 62.2 Å². The number of benzene rings is 1. The molecule has 0 radical (unpaired) electrons. The molecule has 0 aliphatic heterocycles. The lowest BCUT2D eigenvalue weighted by molar-refractivity contribution is -0.141. The zero-order valence-corrected chi connectivity index (χ0v) is 10.3. The Balaban J connectivity index is 1.98. The van der Waals surface area contributed by atoms with Crippen LogP contribution in [0.15, 0.2) is 36.4 Å². The Kier molecular flexibility index (Phi) is 3.77. The van der Waals surface area contributed by atoms with Crippen LogP contribution < -0.4 is 5.32 Å². The number of para-hydroxylation sites is 1. The van der Waals surface area contributed by atoms with Crippen LogP contribution in [0.3, 0.4) is 0 Å². The summed E-state index contributed by atoms with van der Waals surface area (Å²) in [6.45, 7) is 2.32. The predicted octanol–water partition coefficient (Wildman–Crippen LogP) is 2.76. The van der Waals surface area contributed by atoms with Gasteiger partial charge in [0.1, 0.15) is 5.82 Å². The molecule has 0 bridgehead atoms. The molecule has 1 atom stereocenters. The quantitative estimate of drug-likeness (QED) is 0.849. The van der Waals surface area contributed by atoms with E-state index in [4.69, 9.17) is 5.11 Å². The minimum absolute atomic E-state index is 0.335. The third kappa shape index (κ3) is 2.97. The number of anilines is 1. The van der Waals surface area contributed by atoms with E-state index in [2.05, 4.69) is 10.3 Å². The number of aliphatic carboxylic acids is 1. The second-order valence-corrected chi connectivity index (χ2v) is 4.34. The lowest BCUT2D eigenvalue weighted by Crippen LogP contribution is -2.14. The molecule has 18 heavy (non-hydrogen) atoms. The number of rotatable bonds is 5. The van der Waals surface area contributed by atoms with Crippen LogP contribution in [0, 0.1) is 5.92 Å². The first-order chi connectivity index (χ1) is 8.66.